The Morgan fingerprint density at radius 1 is 1.00 bits per heavy atom. The first kappa shape index (κ1) is 20.8. The van der Waals surface area contributed by atoms with Gasteiger partial charge in [-0.2, -0.15) is 0 Å². The Hall–Kier alpha value is -2.53. The molecule has 0 fully saturated rings. The minimum absolute atomic E-state index is 0.0536. The molecule has 0 bridgehead atoms. The minimum atomic E-state index is -0.261. The number of benzene rings is 2. The quantitative estimate of drug-likeness (QED) is 0.761. The van der Waals surface area contributed by atoms with E-state index in [1.165, 1.54) is 11.8 Å². The highest BCUT2D eigenvalue weighted by atomic mass is 35.5. The van der Waals surface area contributed by atoms with Crippen molar-refractivity contribution in [2.45, 2.75) is 27.7 Å². The lowest BCUT2D eigenvalue weighted by Gasteiger charge is -2.24. The first-order chi connectivity index (χ1) is 12.8. The van der Waals surface area contributed by atoms with Crippen molar-refractivity contribution in [3.63, 3.8) is 0 Å². The van der Waals surface area contributed by atoms with E-state index in [4.69, 9.17) is 11.6 Å². The number of anilines is 3. The Balaban J connectivity index is 2.13. The van der Waals surface area contributed by atoms with E-state index >= 15 is 0 Å². The predicted molar refractivity (Wildman–Crippen MR) is 113 cm³/mol. The topological polar surface area (TPSA) is 52.6 Å². The number of hydrogen-bond acceptors (Lipinski definition) is 3. The highest BCUT2D eigenvalue weighted by molar-refractivity contribution is 6.30. The van der Waals surface area contributed by atoms with Gasteiger partial charge in [-0.15, -0.1) is 0 Å². The molecule has 0 heterocycles. The van der Waals surface area contributed by atoms with Crippen LogP contribution in [0.2, 0.25) is 5.02 Å². The summed E-state index contributed by atoms with van der Waals surface area (Å²) in [6.45, 7) is 9.30. The Morgan fingerprint density at radius 2 is 1.59 bits per heavy atom. The van der Waals surface area contributed by atoms with Gasteiger partial charge in [-0.3, -0.25) is 9.59 Å². The van der Waals surface area contributed by atoms with E-state index in [1.807, 2.05) is 31.2 Å². The van der Waals surface area contributed by atoms with E-state index in [1.54, 1.807) is 18.2 Å². The molecule has 144 valence electrons. The summed E-state index contributed by atoms with van der Waals surface area (Å²) in [5.41, 5.74) is 3.34. The molecule has 2 aromatic carbocycles. The Bertz CT molecular complexity index is 802. The van der Waals surface area contributed by atoms with Gasteiger partial charge in [0.15, 0.2) is 0 Å². The molecule has 0 atom stereocenters. The molecule has 0 aliphatic carbocycles. The molecule has 1 N–H and O–H groups in total. The van der Waals surface area contributed by atoms with Crippen molar-refractivity contribution in [1.29, 1.82) is 0 Å². The van der Waals surface area contributed by atoms with Gasteiger partial charge in [0.2, 0.25) is 11.8 Å². The molecule has 2 amide bonds. The van der Waals surface area contributed by atoms with E-state index in [-0.39, 0.29) is 18.4 Å². The van der Waals surface area contributed by atoms with Crippen molar-refractivity contribution in [3.8, 4) is 0 Å². The summed E-state index contributed by atoms with van der Waals surface area (Å²) < 4.78 is 0. The zero-order valence-electron chi connectivity index (χ0n) is 16.3. The van der Waals surface area contributed by atoms with Crippen LogP contribution in [0, 0.1) is 6.92 Å². The number of rotatable bonds is 7. The molecule has 0 unspecified atom stereocenters. The maximum atomic E-state index is 12.5. The van der Waals surface area contributed by atoms with Crippen molar-refractivity contribution in [2.24, 2.45) is 0 Å². The lowest BCUT2D eigenvalue weighted by molar-refractivity contribution is -0.120. The summed E-state index contributed by atoms with van der Waals surface area (Å²) in [6, 6.07) is 12.9. The number of hydrogen-bond donors (Lipinski definition) is 1. The third-order valence-corrected chi connectivity index (χ3v) is 4.67. The van der Waals surface area contributed by atoms with Crippen LogP contribution in [0.25, 0.3) is 0 Å². The van der Waals surface area contributed by atoms with Crippen molar-refractivity contribution in [3.05, 3.63) is 53.1 Å². The summed E-state index contributed by atoms with van der Waals surface area (Å²) in [6.07, 6.45) is 0. The third kappa shape index (κ3) is 5.47. The average Bonchev–Trinajstić information content (AvgIpc) is 2.63. The SMILES string of the molecule is CCN(CC)c1ccc(N(CC(=O)Nc2ccc(Cl)cc2C)C(C)=O)cc1. The van der Waals surface area contributed by atoms with Gasteiger partial charge in [-0.05, 0) is 68.8 Å². The second-order valence-electron chi connectivity index (χ2n) is 6.30. The fourth-order valence-electron chi connectivity index (χ4n) is 2.92. The molecule has 27 heavy (non-hydrogen) atoms. The van der Waals surface area contributed by atoms with Gasteiger partial charge < -0.3 is 15.1 Å². The van der Waals surface area contributed by atoms with Crippen molar-refractivity contribution in [1.82, 2.24) is 0 Å². The Morgan fingerprint density at radius 3 is 2.11 bits per heavy atom. The molecule has 0 saturated carbocycles. The molecule has 0 aromatic heterocycles. The number of carbonyl (C=O) groups excluding carboxylic acids is 2. The molecular weight excluding hydrogens is 362 g/mol. The summed E-state index contributed by atoms with van der Waals surface area (Å²) >= 11 is 5.95. The van der Waals surface area contributed by atoms with Gasteiger partial charge in [0.1, 0.15) is 6.54 Å². The summed E-state index contributed by atoms with van der Waals surface area (Å²) in [7, 11) is 0. The van der Waals surface area contributed by atoms with Gasteiger partial charge in [0.25, 0.3) is 0 Å². The van der Waals surface area contributed by atoms with Crippen LogP contribution in [0.5, 0.6) is 0 Å². The normalized spacial score (nSPS) is 10.4. The van der Waals surface area contributed by atoms with Gasteiger partial charge >= 0.3 is 0 Å². The van der Waals surface area contributed by atoms with Crippen LogP contribution < -0.4 is 15.1 Å². The van der Waals surface area contributed by atoms with Crippen LogP contribution in [0.1, 0.15) is 26.3 Å². The summed E-state index contributed by atoms with van der Waals surface area (Å²) in [5.74, 6) is -0.447. The van der Waals surface area contributed by atoms with Gasteiger partial charge in [0, 0.05) is 42.1 Å². The lowest BCUT2D eigenvalue weighted by Crippen LogP contribution is -2.36. The van der Waals surface area contributed by atoms with Crippen LogP contribution in [0.15, 0.2) is 42.5 Å². The van der Waals surface area contributed by atoms with Crippen LogP contribution in [0.4, 0.5) is 17.1 Å². The summed E-state index contributed by atoms with van der Waals surface area (Å²) in [5, 5.41) is 3.46. The lowest BCUT2D eigenvalue weighted by atomic mass is 10.2. The van der Waals surface area contributed by atoms with E-state index < -0.39 is 0 Å². The number of halogens is 1. The highest BCUT2D eigenvalue weighted by Gasteiger charge is 2.17. The number of carbonyl (C=O) groups is 2. The van der Waals surface area contributed by atoms with E-state index in [2.05, 4.69) is 24.1 Å². The fraction of sp³-hybridized carbons (Fsp3) is 0.333. The molecule has 0 spiro atoms. The number of nitrogens with one attached hydrogen (secondary N) is 1. The van der Waals surface area contributed by atoms with Gasteiger partial charge in [-0.25, -0.2) is 0 Å². The van der Waals surface area contributed by atoms with E-state index in [0.717, 1.165) is 24.3 Å². The summed E-state index contributed by atoms with van der Waals surface area (Å²) in [4.78, 5) is 28.2. The monoisotopic (exact) mass is 387 g/mol. The van der Waals surface area contributed by atoms with Crippen molar-refractivity contribution in [2.75, 3.05) is 34.8 Å². The van der Waals surface area contributed by atoms with E-state index in [0.29, 0.717) is 16.4 Å². The molecule has 0 aliphatic heterocycles. The largest absolute Gasteiger partial charge is 0.372 e. The zero-order valence-corrected chi connectivity index (χ0v) is 17.0. The van der Waals surface area contributed by atoms with Crippen LogP contribution in [0.3, 0.4) is 0 Å². The first-order valence-electron chi connectivity index (χ1n) is 9.04. The highest BCUT2D eigenvalue weighted by Crippen LogP contribution is 2.22. The van der Waals surface area contributed by atoms with Crippen LogP contribution in [-0.2, 0) is 9.59 Å². The first-order valence-corrected chi connectivity index (χ1v) is 9.42. The molecule has 2 aromatic rings. The van der Waals surface area contributed by atoms with Crippen LogP contribution in [-0.4, -0.2) is 31.4 Å². The van der Waals surface area contributed by atoms with Crippen molar-refractivity contribution < 1.29 is 9.59 Å². The second-order valence-corrected chi connectivity index (χ2v) is 6.74. The molecule has 0 saturated heterocycles. The molecule has 0 aliphatic rings. The van der Waals surface area contributed by atoms with Crippen LogP contribution >= 0.6 is 11.6 Å². The Kier molecular flexibility index (Phi) is 7.25. The molecule has 6 heteroatoms. The fourth-order valence-corrected chi connectivity index (χ4v) is 3.14. The number of nitrogens with zero attached hydrogens (tertiary/aromatic N) is 2. The zero-order chi connectivity index (χ0) is 20.0. The van der Waals surface area contributed by atoms with E-state index in [9.17, 15) is 9.59 Å². The Labute approximate surface area is 165 Å². The second kappa shape index (κ2) is 9.42. The molecule has 2 rings (SSSR count). The van der Waals surface area contributed by atoms with Gasteiger partial charge in [-0.1, -0.05) is 11.6 Å². The minimum Gasteiger partial charge on any atom is -0.372 e. The molecule has 5 nitrogen and oxygen atoms in total. The smallest absolute Gasteiger partial charge is 0.244 e. The predicted octanol–water partition coefficient (Wildman–Crippen LogP) is 4.49. The maximum Gasteiger partial charge on any atom is 0.244 e. The molecular formula is C21H26ClN3O2. The standard InChI is InChI=1S/C21H26ClN3O2/c1-5-24(6-2)18-8-10-19(11-9-18)25(16(4)26)14-21(27)23-20-12-7-17(22)13-15(20)3/h7-13H,5-6,14H2,1-4H3,(H,23,27). The van der Waals surface area contributed by atoms with Gasteiger partial charge in [0.05, 0.1) is 0 Å². The average molecular weight is 388 g/mol. The van der Waals surface area contributed by atoms with Crippen molar-refractivity contribution >= 4 is 40.5 Å². The number of aryl methyl sites for hydroxylation is 1. The third-order valence-electron chi connectivity index (χ3n) is 4.43. The maximum absolute atomic E-state index is 12.5. The number of amides is 2. The molecule has 0 radical (unpaired) electrons.